The fourth-order valence-corrected chi connectivity index (χ4v) is 4.93. The summed E-state index contributed by atoms with van der Waals surface area (Å²) >= 11 is 0. The molecule has 0 radical (unpaired) electrons. The van der Waals surface area contributed by atoms with E-state index in [4.69, 9.17) is 4.98 Å². The molecule has 1 fully saturated rings. The van der Waals surface area contributed by atoms with E-state index in [0.29, 0.717) is 37.2 Å². The van der Waals surface area contributed by atoms with Crippen LogP contribution in [0.4, 0.5) is 11.6 Å². The Labute approximate surface area is 213 Å². The van der Waals surface area contributed by atoms with Crippen molar-refractivity contribution >= 4 is 17.6 Å². The van der Waals surface area contributed by atoms with Crippen molar-refractivity contribution < 1.29 is 15.0 Å². The summed E-state index contributed by atoms with van der Waals surface area (Å²) in [7, 11) is 0. The summed E-state index contributed by atoms with van der Waals surface area (Å²) in [6.45, 7) is 10.3. The van der Waals surface area contributed by atoms with Gasteiger partial charge in [0, 0.05) is 18.0 Å². The average molecular weight is 489 g/mol. The molecular formula is C29H36N4O3. The van der Waals surface area contributed by atoms with Crippen LogP contribution in [0.15, 0.2) is 48.8 Å². The van der Waals surface area contributed by atoms with Gasteiger partial charge in [0.1, 0.15) is 17.2 Å². The number of carboxylic acids is 1. The Hall–Kier alpha value is -3.32. The first kappa shape index (κ1) is 25.8. The molecule has 1 aliphatic carbocycles. The predicted molar refractivity (Wildman–Crippen MR) is 141 cm³/mol. The third-order valence-corrected chi connectivity index (χ3v) is 7.30. The highest BCUT2D eigenvalue weighted by atomic mass is 16.4. The van der Waals surface area contributed by atoms with Gasteiger partial charge in [0.25, 0.3) is 0 Å². The van der Waals surface area contributed by atoms with Gasteiger partial charge in [-0.15, -0.1) is 0 Å². The topological polar surface area (TPSA) is 108 Å². The smallest absolute Gasteiger partial charge is 0.306 e. The monoisotopic (exact) mass is 488 g/mol. The molecule has 3 heterocycles. The number of aliphatic carboxylic acids is 1. The van der Waals surface area contributed by atoms with Crippen molar-refractivity contribution in [2.24, 2.45) is 11.8 Å². The molecular weight excluding hydrogens is 452 g/mol. The van der Waals surface area contributed by atoms with Crippen LogP contribution in [0.3, 0.4) is 0 Å². The number of anilines is 2. The van der Waals surface area contributed by atoms with Gasteiger partial charge in [-0.2, -0.15) is 0 Å². The van der Waals surface area contributed by atoms with Crippen molar-refractivity contribution in [1.29, 1.82) is 0 Å². The number of nitrogens with zero attached hydrogens (tertiary/aromatic N) is 3. The van der Waals surface area contributed by atoms with E-state index in [2.05, 4.69) is 36.1 Å². The molecule has 3 aromatic heterocycles. The summed E-state index contributed by atoms with van der Waals surface area (Å²) in [6.07, 6.45) is 6.08. The van der Waals surface area contributed by atoms with Crippen molar-refractivity contribution in [2.45, 2.75) is 71.3 Å². The molecule has 0 amide bonds. The maximum atomic E-state index is 11.3. The van der Waals surface area contributed by atoms with E-state index in [1.807, 2.05) is 49.5 Å². The lowest BCUT2D eigenvalue weighted by molar-refractivity contribution is -0.144. The van der Waals surface area contributed by atoms with E-state index in [-0.39, 0.29) is 17.3 Å². The third kappa shape index (κ3) is 5.73. The zero-order chi connectivity index (χ0) is 26.1. The van der Waals surface area contributed by atoms with Crippen LogP contribution in [-0.2, 0) is 15.8 Å². The Balaban J connectivity index is 1.52. The number of hydrogen-bond donors (Lipinski definition) is 3. The lowest BCUT2D eigenvalue weighted by Gasteiger charge is -2.36. The second-order valence-corrected chi connectivity index (χ2v) is 11.2. The molecule has 3 N–H and O–H groups in total. The summed E-state index contributed by atoms with van der Waals surface area (Å²) in [4.78, 5) is 25.1. The minimum atomic E-state index is -1.11. The number of aliphatic hydroxyl groups is 1. The number of hydrogen-bond acceptors (Lipinski definition) is 6. The molecule has 0 bridgehead atoms. The van der Waals surface area contributed by atoms with Gasteiger partial charge in [-0.05, 0) is 98.4 Å². The highest BCUT2D eigenvalue weighted by Gasteiger charge is 2.38. The third-order valence-electron chi connectivity index (χ3n) is 7.30. The fourth-order valence-electron chi connectivity index (χ4n) is 4.93. The Morgan fingerprint density at radius 3 is 2.31 bits per heavy atom. The van der Waals surface area contributed by atoms with Crippen molar-refractivity contribution in [3.05, 3.63) is 65.6 Å². The van der Waals surface area contributed by atoms with Gasteiger partial charge in [-0.3, -0.25) is 9.78 Å². The van der Waals surface area contributed by atoms with Gasteiger partial charge in [0.05, 0.1) is 17.3 Å². The second kappa shape index (κ2) is 9.97. The lowest BCUT2D eigenvalue weighted by atomic mass is 9.73. The predicted octanol–water partition coefficient (Wildman–Crippen LogP) is 5.99. The molecule has 4 rings (SSSR count). The summed E-state index contributed by atoms with van der Waals surface area (Å²) in [5.41, 5.74) is 3.39. The number of nitrogens with one attached hydrogen (secondary N) is 1. The van der Waals surface area contributed by atoms with Crippen LogP contribution in [0.1, 0.15) is 70.2 Å². The number of carboxylic acid groups (broad SMARTS) is 1. The van der Waals surface area contributed by atoms with Crippen molar-refractivity contribution in [1.82, 2.24) is 15.0 Å². The van der Waals surface area contributed by atoms with E-state index in [0.717, 1.165) is 22.6 Å². The second-order valence-electron chi connectivity index (χ2n) is 11.2. The average Bonchev–Trinajstić information content (AvgIpc) is 2.83. The van der Waals surface area contributed by atoms with E-state index in [1.165, 1.54) is 5.56 Å². The molecule has 0 aromatic carbocycles. The first-order valence-electron chi connectivity index (χ1n) is 12.6. The molecule has 1 atom stereocenters. The van der Waals surface area contributed by atoms with Gasteiger partial charge >= 0.3 is 5.97 Å². The van der Waals surface area contributed by atoms with Crippen LogP contribution in [0.25, 0.3) is 11.3 Å². The SMILES string of the molecule is Cc1cc(Nc2cc(C(C)(C)C)ccn2)nc(-c2ccc(C(C)(O)C3CCC(C(=O)O)CC3)nc2)c1. The molecule has 1 unspecified atom stereocenters. The van der Waals surface area contributed by atoms with E-state index in [1.54, 1.807) is 13.1 Å². The highest BCUT2D eigenvalue weighted by Crippen LogP contribution is 2.40. The van der Waals surface area contributed by atoms with Crippen molar-refractivity contribution in [2.75, 3.05) is 5.32 Å². The van der Waals surface area contributed by atoms with Crippen molar-refractivity contribution in [3.63, 3.8) is 0 Å². The normalized spacial score (nSPS) is 19.9. The Morgan fingerprint density at radius 2 is 1.69 bits per heavy atom. The summed E-state index contributed by atoms with van der Waals surface area (Å²) in [5.74, 6) is 0.376. The Kier molecular flexibility index (Phi) is 7.14. The minimum absolute atomic E-state index is 0.0179. The van der Waals surface area contributed by atoms with Gasteiger partial charge < -0.3 is 15.5 Å². The van der Waals surface area contributed by atoms with E-state index < -0.39 is 11.6 Å². The lowest BCUT2D eigenvalue weighted by Crippen LogP contribution is -2.36. The fraction of sp³-hybridized carbons (Fsp3) is 0.448. The molecule has 36 heavy (non-hydrogen) atoms. The van der Waals surface area contributed by atoms with Crippen LogP contribution in [0.2, 0.25) is 0 Å². The highest BCUT2D eigenvalue weighted by molar-refractivity contribution is 5.70. The number of aryl methyl sites for hydroxylation is 1. The van der Waals surface area contributed by atoms with Crippen LogP contribution in [-0.4, -0.2) is 31.1 Å². The van der Waals surface area contributed by atoms with E-state index >= 15 is 0 Å². The van der Waals surface area contributed by atoms with Gasteiger partial charge in [0.2, 0.25) is 0 Å². The summed E-state index contributed by atoms with van der Waals surface area (Å²) in [5, 5.41) is 23.9. The van der Waals surface area contributed by atoms with Gasteiger partial charge in [-0.1, -0.05) is 20.8 Å². The molecule has 0 spiro atoms. The minimum Gasteiger partial charge on any atom is -0.481 e. The van der Waals surface area contributed by atoms with Crippen molar-refractivity contribution in [3.8, 4) is 11.3 Å². The first-order chi connectivity index (χ1) is 16.9. The largest absolute Gasteiger partial charge is 0.481 e. The van der Waals surface area contributed by atoms with E-state index in [9.17, 15) is 15.0 Å². The van der Waals surface area contributed by atoms with Crippen LogP contribution < -0.4 is 5.32 Å². The van der Waals surface area contributed by atoms with Crippen LogP contribution in [0, 0.1) is 18.8 Å². The molecule has 7 heteroatoms. The zero-order valence-electron chi connectivity index (χ0n) is 21.7. The summed E-state index contributed by atoms with van der Waals surface area (Å²) in [6, 6.07) is 11.8. The summed E-state index contributed by atoms with van der Waals surface area (Å²) < 4.78 is 0. The molecule has 1 saturated carbocycles. The maximum absolute atomic E-state index is 11.3. The Morgan fingerprint density at radius 1 is 0.972 bits per heavy atom. The molecule has 1 aliphatic rings. The van der Waals surface area contributed by atoms with Crippen LogP contribution in [0.5, 0.6) is 0 Å². The Bertz CT molecular complexity index is 1220. The number of aromatic nitrogens is 3. The molecule has 3 aromatic rings. The maximum Gasteiger partial charge on any atom is 0.306 e. The zero-order valence-corrected chi connectivity index (χ0v) is 21.7. The van der Waals surface area contributed by atoms with Gasteiger partial charge in [0.15, 0.2) is 0 Å². The number of carbonyl (C=O) groups is 1. The molecule has 7 nitrogen and oxygen atoms in total. The quantitative estimate of drug-likeness (QED) is 0.391. The molecule has 190 valence electrons. The van der Waals surface area contributed by atoms with Gasteiger partial charge in [-0.25, -0.2) is 9.97 Å². The number of pyridine rings is 3. The molecule has 0 aliphatic heterocycles. The molecule has 0 saturated heterocycles. The first-order valence-corrected chi connectivity index (χ1v) is 12.6. The number of rotatable bonds is 6. The standard InChI is InChI=1S/C29H36N4O3/c1-18-14-23(32-26(15-18)33-25-16-22(12-13-30-25)28(2,3)4)20-8-11-24(31-17-20)29(5,36)21-9-6-19(7-10-21)27(34)35/h8,11-17,19,21,36H,6-7,9-10H2,1-5H3,(H,34,35)(H,30,32,33). The van der Waals surface area contributed by atoms with Crippen LogP contribution >= 0.6 is 0 Å².